The minimum Gasteiger partial charge on any atom is -0.494 e. The van der Waals surface area contributed by atoms with Gasteiger partial charge in [-0.1, -0.05) is 48.5 Å². The molecule has 0 aliphatic heterocycles. The standard InChI is InChI=1S/C32H35N3O5/c1-5-39-31(38)23-13-16-25-26(19-23)35-30(37)28(25)29(22-9-7-6-8-10-22)34-24-14-11-21(12-15-24)20-33-18-17-27(36)40-32(2,3)4/h6-16,19,33,35,37H,5,17-18,20H2,1-4H3. The molecule has 0 bridgehead atoms. The van der Waals surface area contributed by atoms with E-state index in [2.05, 4.69) is 10.3 Å². The SMILES string of the molecule is CCOC(=O)c1ccc2c(C(=Nc3ccc(CNCCC(=O)OC(C)(C)C)cc3)c3ccccc3)c(O)[nH]c2c1. The second-order valence-electron chi connectivity index (χ2n) is 10.3. The molecule has 8 nitrogen and oxygen atoms in total. The first kappa shape index (κ1) is 28.6. The van der Waals surface area contributed by atoms with Crippen molar-refractivity contribution in [2.75, 3.05) is 13.2 Å². The Labute approximate surface area is 234 Å². The number of nitrogens with zero attached hydrogens (tertiary/aromatic N) is 1. The average Bonchev–Trinajstić information content (AvgIpc) is 3.24. The molecule has 0 spiro atoms. The van der Waals surface area contributed by atoms with Crippen LogP contribution in [0.5, 0.6) is 5.88 Å². The summed E-state index contributed by atoms with van der Waals surface area (Å²) in [5.74, 6) is -0.684. The second-order valence-corrected chi connectivity index (χ2v) is 10.3. The number of H-pyrrole nitrogens is 1. The van der Waals surface area contributed by atoms with E-state index in [-0.39, 0.29) is 18.5 Å². The van der Waals surface area contributed by atoms with Crippen LogP contribution in [0.3, 0.4) is 0 Å². The van der Waals surface area contributed by atoms with Gasteiger partial charge in [-0.2, -0.15) is 0 Å². The highest BCUT2D eigenvalue weighted by Gasteiger charge is 2.20. The predicted octanol–water partition coefficient (Wildman–Crippen LogP) is 6.04. The Balaban J connectivity index is 1.56. The number of benzene rings is 3. The number of esters is 2. The highest BCUT2D eigenvalue weighted by Crippen LogP contribution is 2.32. The molecular weight excluding hydrogens is 506 g/mol. The lowest BCUT2D eigenvalue weighted by Crippen LogP contribution is -2.26. The number of aromatic amines is 1. The summed E-state index contributed by atoms with van der Waals surface area (Å²) in [5.41, 5.74) is 4.26. The molecule has 8 heteroatoms. The maximum atomic E-state index is 12.2. The highest BCUT2D eigenvalue weighted by atomic mass is 16.6. The van der Waals surface area contributed by atoms with Crippen molar-refractivity contribution in [1.82, 2.24) is 10.3 Å². The Morgan fingerprint density at radius 2 is 1.70 bits per heavy atom. The number of carbonyl (C=O) groups is 2. The Kier molecular flexibility index (Phi) is 9.01. The van der Waals surface area contributed by atoms with Gasteiger partial charge in [-0.05, 0) is 57.5 Å². The van der Waals surface area contributed by atoms with E-state index >= 15 is 0 Å². The zero-order valence-corrected chi connectivity index (χ0v) is 23.3. The third kappa shape index (κ3) is 7.36. The third-order valence-electron chi connectivity index (χ3n) is 6.01. The van der Waals surface area contributed by atoms with Gasteiger partial charge in [0.25, 0.3) is 0 Å². The van der Waals surface area contributed by atoms with E-state index < -0.39 is 11.6 Å². The first-order valence-corrected chi connectivity index (χ1v) is 13.3. The Hall–Kier alpha value is -4.43. The third-order valence-corrected chi connectivity index (χ3v) is 6.01. The van der Waals surface area contributed by atoms with Crippen LogP contribution in [0, 0.1) is 0 Å². The number of hydrogen-bond donors (Lipinski definition) is 3. The fourth-order valence-corrected chi connectivity index (χ4v) is 4.26. The van der Waals surface area contributed by atoms with Crippen molar-refractivity contribution in [2.45, 2.75) is 46.3 Å². The topological polar surface area (TPSA) is 113 Å². The molecular formula is C32H35N3O5. The summed E-state index contributed by atoms with van der Waals surface area (Å²) in [5, 5.41) is 15.0. The smallest absolute Gasteiger partial charge is 0.338 e. The molecule has 4 aromatic rings. The summed E-state index contributed by atoms with van der Waals surface area (Å²) in [7, 11) is 0. The van der Waals surface area contributed by atoms with Gasteiger partial charge < -0.3 is 24.9 Å². The van der Waals surface area contributed by atoms with Gasteiger partial charge in [0.05, 0.1) is 35.6 Å². The van der Waals surface area contributed by atoms with Crippen molar-refractivity contribution in [2.24, 2.45) is 4.99 Å². The van der Waals surface area contributed by atoms with Crippen LogP contribution in [-0.2, 0) is 20.8 Å². The van der Waals surface area contributed by atoms with Gasteiger partial charge in [-0.3, -0.25) is 4.79 Å². The van der Waals surface area contributed by atoms with Gasteiger partial charge in [-0.15, -0.1) is 0 Å². The van der Waals surface area contributed by atoms with Crippen molar-refractivity contribution in [3.05, 3.63) is 95.1 Å². The molecule has 40 heavy (non-hydrogen) atoms. The van der Waals surface area contributed by atoms with Gasteiger partial charge in [0, 0.05) is 29.6 Å². The second kappa shape index (κ2) is 12.6. The number of rotatable bonds is 10. The minimum atomic E-state index is -0.485. The lowest BCUT2D eigenvalue weighted by molar-refractivity contribution is -0.154. The van der Waals surface area contributed by atoms with Crippen molar-refractivity contribution in [3.63, 3.8) is 0 Å². The number of carbonyl (C=O) groups excluding carboxylic acids is 2. The Morgan fingerprint density at radius 1 is 0.975 bits per heavy atom. The van der Waals surface area contributed by atoms with Gasteiger partial charge >= 0.3 is 11.9 Å². The van der Waals surface area contributed by atoms with Gasteiger partial charge in [-0.25, -0.2) is 9.79 Å². The molecule has 0 amide bonds. The van der Waals surface area contributed by atoms with Crippen molar-refractivity contribution in [1.29, 1.82) is 0 Å². The molecule has 0 aliphatic carbocycles. The molecule has 208 valence electrons. The maximum absolute atomic E-state index is 12.2. The molecule has 0 saturated carbocycles. The maximum Gasteiger partial charge on any atom is 0.338 e. The molecule has 0 unspecified atom stereocenters. The molecule has 0 saturated heterocycles. The van der Waals surface area contributed by atoms with Crippen LogP contribution in [0.25, 0.3) is 10.9 Å². The molecule has 1 aromatic heterocycles. The van der Waals surface area contributed by atoms with Crippen LogP contribution >= 0.6 is 0 Å². The van der Waals surface area contributed by atoms with E-state index in [0.717, 1.165) is 16.5 Å². The van der Waals surface area contributed by atoms with Gasteiger partial charge in [0.1, 0.15) is 5.60 Å². The lowest BCUT2D eigenvalue weighted by atomic mass is 10.00. The van der Waals surface area contributed by atoms with Crippen LogP contribution < -0.4 is 5.32 Å². The molecule has 4 rings (SSSR count). The number of fused-ring (bicyclic) bond motifs is 1. The Bertz CT molecular complexity index is 1500. The van der Waals surface area contributed by atoms with Crippen LogP contribution in [0.4, 0.5) is 5.69 Å². The van der Waals surface area contributed by atoms with Crippen molar-refractivity contribution >= 4 is 34.2 Å². The molecule has 0 fully saturated rings. The summed E-state index contributed by atoms with van der Waals surface area (Å²) < 4.78 is 10.5. The van der Waals surface area contributed by atoms with E-state index in [4.69, 9.17) is 14.5 Å². The fraction of sp³-hybridized carbons (Fsp3) is 0.281. The largest absolute Gasteiger partial charge is 0.494 e. The predicted molar refractivity (Wildman–Crippen MR) is 156 cm³/mol. The number of aromatic hydroxyl groups is 1. The monoisotopic (exact) mass is 541 g/mol. The first-order valence-electron chi connectivity index (χ1n) is 13.3. The normalized spacial score (nSPS) is 11.9. The first-order chi connectivity index (χ1) is 19.1. The average molecular weight is 542 g/mol. The molecule has 0 atom stereocenters. The number of aliphatic imine (C=N–C) groups is 1. The summed E-state index contributed by atoms with van der Waals surface area (Å²) in [4.78, 5) is 32.0. The fourth-order valence-electron chi connectivity index (χ4n) is 4.26. The van der Waals surface area contributed by atoms with Crippen LogP contribution in [0.15, 0.2) is 77.8 Å². The quantitative estimate of drug-likeness (QED) is 0.128. The zero-order valence-electron chi connectivity index (χ0n) is 23.3. The van der Waals surface area contributed by atoms with Crippen LogP contribution in [0.2, 0.25) is 0 Å². The van der Waals surface area contributed by atoms with Gasteiger partial charge in [0.15, 0.2) is 5.88 Å². The number of nitrogens with one attached hydrogen (secondary N) is 2. The minimum absolute atomic E-state index is 0.0376. The summed E-state index contributed by atoms with van der Waals surface area (Å²) in [6.45, 7) is 8.72. The number of aromatic nitrogens is 1. The lowest BCUT2D eigenvalue weighted by Gasteiger charge is -2.19. The van der Waals surface area contributed by atoms with Crippen molar-refractivity contribution < 1.29 is 24.2 Å². The van der Waals surface area contributed by atoms with E-state index in [0.29, 0.717) is 47.6 Å². The Morgan fingerprint density at radius 3 is 2.38 bits per heavy atom. The van der Waals surface area contributed by atoms with Crippen molar-refractivity contribution in [3.8, 4) is 5.88 Å². The highest BCUT2D eigenvalue weighted by molar-refractivity contribution is 6.22. The molecule has 0 aliphatic rings. The molecule has 3 N–H and O–H groups in total. The summed E-state index contributed by atoms with van der Waals surface area (Å²) >= 11 is 0. The molecule has 3 aromatic carbocycles. The van der Waals surface area contributed by atoms with Crippen LogP contribution in [0.1, 0.15) is 61.2 Å². The summed E-state index contributed by atoms with van der Waals surface area (Å²) in [6.07, 6.45) is 0.301. The zero-order chi connectivity index (χ0) is 28.7. The molecule has 1 heterocycles. The van der Waals surface area contributed by atoms with Crippen LogP contribution in [-0.4, -0.2) is 46.5 Å². The van der Waals surface area contributed by atoms with E-state index in [1.807, 2.05) is 75.4 Å². The van der Waals surface area contributed by atoms with E-state index in [9.17, 15) is 14.7 Å². The van der Waals surface area contributed by atoms with Gasteiger partial charge in [0.2, 0.25) is 0 Å². The van der Waals surface area contributed by atoms with E-state index in [1.165, 1.54) is 0 Å². The number of hydrogen-bond acceptors (Lipinski definition) is 7. The van der Waals surface area contributed by atoms with E-state index in [1.54, 1.807) is 25.1 Å². The number of ether oxygens (including phenoxy) is 2. The summed E-state index contributed by atoms with van der Waals surface area (Å²) in [6, 6.07) is 22.6. The molecule has 0 radical (unpaired) electrons.